The molecule has 0 bridgehead atoms. The number of aliphatic hydroxyl groups is 1. The molecule has 1 atom stereocenters. The third-order valence-corrected chi connectivity index (χ3v) is 5.16. The van der Waals surface area contributed by atoms with Crippen LogP contribution in [0.4, 0.5) is 0 Å². The molecule has 1 aromatic carbocycles. The topological polar surface area (TPSA) is 82.3 Å². The summed E-state index contributed by atoms with van der Waals surface area (Å²) in [6.45, 7) is 2.38. The van der Waals surface area contributed by atoms with E-state index in [4.69, 9.17) is 9.84 Å². The summed E-state index contributed by atoms with van der Waals surface area (Å²) in [4.78, 5) is 0. The minimum absolute atomic E-state index is 0.147. The summed E-state index contributed by atoms with van der Waals surface area (Å²) in [5.41, 5.74) is 0.884. The van der Waals surface area contributed by atoms with Crippen molar-refractivity contribution in [1.29, 1.82) is 0 Å². The first-order valence-corrected chi connectivity index (χ1v) is 9.92. The second-order valence-corrected chi connectivity index (χ2v) is 7.61. The fraction of sp³-hybridized carbons (Fsp3) is 0.667. The molecule has 0 saturated heterocycles. The highest BCUT2D eigenvalue weighted by Crippen LogP contribution is 2.38. The van der Waals surface area contributed by atoms with Crippen LogP contribution in [0.5, 0.6) is 11.5 Å². The van der Waals surface area contributed by atoms with Gasteiger partial charge in [0.2, 0.25) is 0 Å². The van der Waals surface area contributed by atoms with E-state index in [-0.39, 0.29) is 11.4 Å². The maximum absolute atomic E-state index is 9.63. The number of benzene rings is 1. The average molecular weight is 363 g/mol. The lowest BCUT2D eigenvalue weighted by molar-refractivity contribution is 0.0764. The van der Waals surface area contributed by atoms with Gasteiger partial charge in [0.05, 0.1) is 5.71 Å². The summed E-state index contributed by atoms with van der Waals surface area (Å²) < 4.78 is 6.17. The van der Waals surface area contributed by atoms with Crippen molar-refractivity contribution < 1.29 is 20.2 Å². The van der Waals surface area contributed by atoms with Gasteiger partial charge in [-0.3, -0.25) is 0 Å². The third-order valence-electron chi connectivity index (χ3n) is 5.16. The standard InChI is InChI=1S/C21H33NO4/c1-21(13-9-7-5-3-2-4-6-8-10-14-23)16-19(22-25)18-15-17(24)11-12-20(18)26-21/h11-12,15,23-25H,2-10,13-14,16H2,1H3. The Morgan fingerprint density at radius 1 is 1.00 bits per heavy atom. The summed E-state index contributed by atoms with van der Waals surface area (Å²) in [6, 6.07) is 4.93. The van der Waals surface area contributed by atoms with E-state index in [1.165, 1.54) is 38.5 Å². The molecule has 0 aromatic heterocycles. The molecular weight excluding hydrogens is 330 g/mol. The molecule has 26 heavy (non-hydrogen) atoms. The van der Waals surface area contributed by atoms with Crippen molar-refractivity contribution in [3.05, 3.63) is 23.8 Å². The number of fused-ring (bicyclic) bond motifs is 1. The Labute approximate surface area is 156 Å². The largest absolute Gasteiger partial charge is 0.508 e. The third kappa shape index (κ3) is 6.20. The molecule has 0 spiro atoms. The Morgan fingerprint density at radius 2 is 1.62 bits per heavy atom. The zero-order chi connectivity index (χ0) is 18.8. The highest BCUT2D eigenvalue weighted by molar-refractivity contribution is 6.04. The van der Waals surface area contributed by atoms with Crippen LogP contribution in [0.2, 0.25) is 0 Å². The first kappa shape index (κ1) is 20.6. The SMILES string of the molecule is CC1(CCCCCCCCCCCO)CC(=NO)c2cc(O)ccc2O1. The quantitative estimate of drug-likeness (QED) is 0.293. The Kier molecular flexibility index (Phi) is 8.23. The monoisotopic (exact) mass is 363 g/mol. The van der Waals surface area contributed by atoms with Crippen molar-refractivity contribution in [1.82, 2.24) is 0 Å². The summed E-state index contributed by atoms with van der Waals surface area (Å²) in [7, 11) is 0. The van der Waals surface area contributed by atoms with Crippen LogP contribution in [-0.4, -0.2) is 33.3 Å². The number of phenols is 1. The van der Waals surface area contributed by atoms with Crippen LogP contribution >= 0.6 is 0 Å². The van der Waals surface area contributed by atoms with E-state index in [1.54, 1.807) is 18.2 Å². The van der Waals surface area contributed by atoms with E-state index in [9.17, 15) is 10.3 Å². The average Bonchev–Trinajstić information content (AvgIpc) is 2.63. The first-order chi connectivity index (χ1) is 12.6. The zero-order valence-corrected chi connectivity index (χ0v) is 15.9. The number of hydrogen-bond acceptors (Lipinski definition) is 5. The van der Waals surface area contributed by atoms with Gasteiger partial charge in [-0.25, -0.2) is 0 Å². The van der Waals surface area contributed by atoms with Crippen molar-refractivity contribution >= 4 is 5.71 Å². The minimum atomic E-state index is -0.365. The highest BCUT2D eigenvalue weighted by Gasteiger charge is 2.35. The molecule has 0 amide bonds. The van der Waals surface area contributed by atoms with Crippen molar-refractivity contribution in [3.63, 3.8) is 0 Å². The molecule has 1 aliphatic rings. The van der Waals surface area contributed by atoms with Gasteiger partial charge in [0, 0.05) is 18.6 Å². The number of ether oxygens (including phenoxy) is 1. The maximum atomic E-state index is 9.63. The molecule has 1 aliphatic heterocycles. The van der Waals surface area contributed by atoms with Crippen LogP contribution in [0.25, 0.3) is 0 Å². The Hall–Kier alpha value is -1.75. The molecule has 5 nitrogen and oxygen atoms in total. The lowest BCUT2D eigenvalue weighted by Crippen LogP contribution is -2.39. The predicted octanol–water partition coefficient (Wildman–Crippen LogP) is 5.01. The number of aliphatic hydroxyl groups excluding tert-OH is 1. The molecule has 0 saturated carbocycles. The second kappa shape index (κ2) is 10.4. The number of rotatable bonds is 11. The maximum Gasteiger partial charge on any atom is 0.129 e. The summed E-state index contributed by atoms with van der Waals surface area (Å²) in [6.07, 6.45) is 12.1. The van der Waals surface area contributed by atoms with Crippen LogP contribution in [0.1, 0.15) is 83.1 Å². The molecule has 0 aliphatic carbocycles. The number of oxime groups is 1. The smallest absolute Gasteiger partial charge is 0.129 e. The molecule has 0 radical (unpaired) electrons. The molecule has 5 heteroatoms. The lowest BCUT2D eigenvalue weighted by atomic mass is 9.86. The van der Waals surface area contributed by atoms with E-state index in [0.717, 1.165) is 25.7 Å². The van der Waals surface area contributed by atoms with Gasteiger partial charge in [0.15, 0.2) is 0 Å². The van der Waals surface area contributed by atoms with Crippen LogP contribution in [-0.2, 0) is 0 Å². The highest BCUT2D eigenvalue weighted by atomic mass is 16.5. The van der Waals surface area contributed by atoms with Gasteiger partial charge < -0.3 is 20.2 Å². The van der Waals surface area contributed by atoms with Gasteiger partial charge in [-0.15, -0.1) is 0 Å². The van der Waals surface area contributed by atoms with Gasteiger partial charge in [-0.2, -0.15) is 0 Å². The predicted molar refractivity (Wildman–Crippen MR) is 103 cm³/mol. The Bertz CT molecular complexity index is 587. The van der Waals surface area contributed by atoms with E-state index < -0.39 is 0 Å². The first-order valence-electron chi connectivity index (χ1n) is 9.92. The van der Waals surface area contributed by atoms with Gasteiger partial charge in [0.25, 0.3) is 0 Å². The molecule has 2 rings (SSSR count). The fourth-order valence-electron chi connectivity index (χ4n) is 3.66. The van der Waals surface area contributed by atoms with Gasteiger partial charge in [0.1, 0.15) is 17.1 Å². The Balaban J connectivity index is 1.70. The summed E-state index contributed by atoms with van der Waals surface area (Å²) in [5, 5.41) is 31.2. The van der Waals surface area contributed by atoms with E-state index in [2.05, 4.69) is 12.1 Å². The van der Waals surface area contributed by atoms with Crippen LogP contribution < -0.4 is 4.74 Å². The van der Waals surface area contributed by atoms with E-state index >= 15 is 0 Å². The normalized spacial score (nSPS) is 20.8. The fourth-order valence-corrected chi connectivity index (χ4v) is 3.66. The Morgan fingerprint density at radius 3 is 2.23 bits per heavy atom. The zero-order valence-electron chi connectivity index (χ0n) is 15.9. The van der Waals surface area contributed by atoms with Crippen molar-refractivity contribution in [2.24, 2.45) is 5.16 Å². The van der Waals surface area contributed by atoms with Gasteiger partial charge >= 0.3 is 0 Å². The van der Waals surface area contributed by atoms with Crippen molar-refractivity contribution in [3.8, 4) is 11.5 Å². The van der Waals surface area contributed by atoms with Crippen LogP contribution in [0.15, 0.2) is 23.4 Å². The number of nitrogens with zero attached hydrogens (tertiary/aromatic N) is 1. The number of phenolic OH excluding ortho intramolecular Hbond substituents is 1. The van der Waals surface area contributed by atoms with Crippen molar-refractivity contribution in [2.75, 3.05) is 6.61 Å². The number of aromatic hydroxyl groups is 1. The summed E-state index contributed by atoms with van der Waals surface area (Å²) in [5.74, 6) is 0.820. The summed E-state index contributed by atoms with van der Waals surface area (Å²) >= 11 is 0. The number of unbranched alkanes of at least 4 members (excludes halogenated alkanes) is 8. The van der Waals surface area contributed by atoms with E-state index in [0.29, 0.717) is 30.1 Å². The lowest BCUT2D eigenvalue weighted by Gasteiger charge is -2.36. The molecular formula is C21H33NO4. The van der Waals surface area contributed by atoms with Crippen LogP contribution in [0, 0.1) is 0 Å². The van der Waals surface area contributed by atoms with Gasteiger partial charge in [-0.1, -0.05) is 50.1 Å². The van der Waals surface area contributed by atoms with E-state index in [1.807, 2.05) is 0 Å². The molecule has 3 N–H and O–H groups in total. The molecule has 1 heterocycles. The van der Waals surface area contributed by atoms with Gasteiger partial charge in [-0.05, 0) is 44.4 Å². The molecule has 1 unspecified atom stereocenters. The minimum Gasteiger partial charge on any atom is -0.508 e. The van der Waals surface area contributed by atoms with Crippen LogP contribution in [0.3, 0.4) is 0 Å². The molecule has 1 aromatic rings. The van der Waals surface area contributed by atoms with Crippen molar-refractivity contribution in [2.45, 2.75) is 83.2 Å². The molecule has 146 valence electrons. The second-order valence-electron chi connectivity index (χ2n) is 7.61. The molecule has 0 fully saturated rings. The number of hydrogen-bond donors (Lipinski definition) is 3.